The number of nitrogen functional groups attached to an aromatic ring is 1. The van der Waals surface area contributed by atoms with E-state index in [1.54, 1.807) is 6.92 Å². The summed E-state index contributed by atoms with van der Waals surface area (Å²) in [6.45, 7) is 1.71. The number of nitrogens with zero attached hydrogens (tertiary/aromatic N) is 1. The number of nitro benzene ring substituents is 1. The second kappa shape index (κ2) is 3.59. The van der Waals surface area contributed by atoms with Crippen molar-refractivity contribution < 1.29 is 4.92 Å². The molecule has 0 fully saturated rings. The van der Waals surface area contributed by atoms with E-state index in [1.807, 2.05) is 0 Å². The quantitative estimate of drug-likeness (QED) is 0.435. The van der Waals surface area contributed by atoms with Crippen LogP contribution in [-0.4, -0.2) is 4.92 Å². The third-order valence-electron chi connectivity index (χ3n) is 1.65. The maximum Gasteiger partial charge on any atom is 0.288 e. The lowest BCUT2D eigenvalue weighted by Crippen LogP contribution is -2.08. The maximum absolute atomic E-state index is 10.4. The van der Waals surface area contributed by atoms with Crippen LogP contribution in [0.2, 0.25) is 5.02 Å². The smallest absolute Gasteiger partial charge is 0.288 e. The van der Waals surface area contributed by atoms with Crippen molar-refractivity contribution in [3.8, 4) is 0 Å². The van der Waals surface area contributed by atoms with Crippen molar-refractivity contribution in [2.45, 2.75) is 6.92 Å². The first-order chi connectivity index (χ1) is 6.06. The molecule has 0 aliphatic carbocycles. The van der Waals surface area contributed by atoms with E-state index in [1.165, 1.54) is 12.1 Å². The highest BCUT2D eigenvalue weighted by atomic mass is 35.5. The van der Waals surface area contributed by atoms with Crippen LogP contribution in [0, 0.1) is 17.0 Å². The van der Waals surface area contributed by atoms with E-state index in [0.717, 1.165) is 0 Å². The number of nitrogens with two attached hydrogens (primary N) is 1. The first kappa shape index (κ1) is 9.76. The molecule has 0 amide bonds. The highest BCUT2D eigenvalue weighted by molar-refractivity contribution is 6.33. The van der Waals surface area contributed by atoms with E-state index in [-0.39, 0.29) is 10.7 Å². The van der Waals surface area contributed by atoms with E-state index in [9.17, 15) is 10.1 Å². The minimum Gasteiger partial charge on any atom is -0.324 e. The standard InChI is InChI=1S/C7H8ClN3O2/c1-4-2-7(11(12)13)5(8)3-6(4)10-9/h2-3,10H,9H2,1H3. The van der Waals surface area contributed by atoms with E-state index in [4.69, 9.17) is 17.4 Å². The molecule has 13 heavy (non-hydrogen) atoms. The molecular formula is C7H8ClN3O2. The fourth-order valence-corrected chi connectivity index (χ4v) is 1.19. The molecule has 1 aromatic carbocycles. The molecule has 6 heteroatoms. The Labute approximate surface area is 79.6 Å². The molecule has 0 unspecified atom stereocenters. The summed E-state index contributed by atoms with van der Waals surface area (Å²) in [6.07, 6.45) is 0. The molecule has 0 saturated heterocycles. The number of halogens is 1. The normalized spacial score (nSPS) is 9.77. The molecule has 0 aliphatic rings. The molecule has 3 N–H and O–H groups in total. The molecule has 1 aromatic rings. The zero-order chi connectivity index (χ0) is 10.0. The highest BCUT2D eigenvalue weighted by Crippen LogP contribution is 2.29. The van der Waals surface area contributed by atoms with Crippen LogP contribution in [-0.2, 0) is 0 Å². The Kier molecular flexibility index (Phi) is 2.69. The largest absolute Gasteiger partial charge is 0.324 e. The zero-order valence-electron chi connectivity index (χ0n) is 6.87. The van der Waals surface area contributed by atoms with E-state index < -0.39 is 4.92 Å². The average molecular weight is 202 g/mol. The Morgan fingerprint density at radius 3 is 2.69 bits per heavy atom. The average Bonchev–Trinajstić information content (AvgIpc) is 2.07. The molecule has 0 spiro atoms. The maximum atomic E-state index is 10.4. The fourth-order valence-electron chi connectivity index (χ4n) is 0.962. The van der Waals surface area contributed by atoms with Gasteiger partial charge in [0.15, 0.2) is 0 Å². The van der Waals surface area contributed by atoms with E-state index >= 15 is 0 Å². The second-order valence-corrected chi connectivity index (χ2v) is 2.93. The van der Waals surface area contributed by atoms with Gasteiger partial charge in [-0.3, -0.25) is 16.0 Å². The van der Waals surface area contributed by atoms with Crippen LogP contribution in [0.1, 0.15) is 5.56 Å². The fraction of sp³-hybridized carbons (Fsp3) is 0.143. The number of aryl methyl sites for hydroxylation is 1. The Bertz CT molecular complexity index is 354. The van der Waals surface area contributed by atoms with Gasteiger partial charge in [-0.2, -0.15) is 0 Å². The van der Waals surface area contributed by atoms with Gasteiger partial charge in [-0.25, -0.2) is 0 Å². The van der Waals surface area contributed by atoms with Crippen molar-refractivity contribution in [1.82, 2.24) is 0 Å². The molecule has 0 heterocycles. The number of nitro groups is 1. The molecule has 0 aliphatic heterocycles. The van der Waals surface area contributed by atoms with Crippen LogP contribution in [0.15, 0.2) is 12.1 Å². The van der Waals surface area contributed by atoms with Gasteiger partial charge in [0.1, 0.15) is 5.02 Å². The predicted molar refractivity (Wildman–Crippen MR) is 50.7 cm³/mol. The monoisotopic (exact) mass is 201 g/mol. The summed E-state index contributed by atoms with van der Waals surface area (Å²) < 4.78 is 0. The summed E-state index contributed by atoms with van der Waals surface area (Å²) in [4.78, 5) is 9.91. The topological polar surface area (TPSA) is 81.2 Å². The molecular weight excluding hydrogens is 194 g/mol. The summed E-state index contributed by atoms with van der Waals surface area (Å²) >= 11 is 5.64. The van der Waals surface area contributed by atoms with Crippen LogP contribution in [0.3, 0.4) is 0 Å². The summed E-state index contributed by atoms with van der Waals surface area (Å²) in [5.74, 6) is 5.17. The number of rotatable bonds is 2. The van der Waals surface area contributed by atoms with Gasteiger partial charge in [-0.05, 0) is 18.6 Å². The SMILES string of the molecule is Cc1cc([N+](=O)[O-])c(Cl)cc1NN. The zero-order valence-corrected chi connectivity index (χ0v) is 7.63. The minimum absolute atomic E-state index is 0.0727. The summed E-state index contributed by atoms with van der Waals surface area (Å²) in [5, 5.41) is 10.5. The minimum atomic E-state index is -0.532. The van der Waals surface area contributed by atoms with E-state index in [2.05, 4.69) is 5.43 Å². The second-order valence-electron chi connectivity index (χ2n) is 2.52. The van der Waals surface area contributed by atoms with Gasteiger partial charge in [-0.15, -0.1) is 0 Å². The van der Waals surface area contributed by atoms with Crippen LogP contribution < -0.4 is 11.3 Å². The van der Waals surface area contributed by atoms with Crippen molar-refractivity contribution >= 4 is 23.0 Å². The highest BCUT2D eigenvalue weighted by Gasteiger charge is 2.14. The third-order valence-corrected chi connectivity index (χ3v) is 1.95. The number of nitrogens with one attached hydrogen (secondary N) is 1. The first-order valence-electron chi connectivity index (χ1n) is 3.47. The molecule has 0 bridgehead atoms. The Balaban J connectivity index is 3.28. The molecule has 0 atom stereocenters. The van der Waals surface area contributed by atoms with Crippen LogP contribution in [0.4, 0.5) is 11.4 Å². The van der Waals surface area contributed by atoms with Crippen molar-refractivity contribution in [3.63, 3.8) is 0 Å². The van der Waals surface area contributed by atoms with Crippen LogP contribution >= 0.6 is 11.6 Å². The molecule has 70 valence electrons. The lowest BCUT2D eigenvalue weighted by molar-refractivity contribution is -0.384. The number of hydrogen-bond donors (Lipinski definition) is 2. The number of benzene rings is 1. The molecule has 0 radical (unpaired) electrons. The van der Waals surface area contributed by atoms with Gasteiger partial charge in [0.2, 0.25) is 0 Å². The summed E-state index contributed by atoms with van der Waals surface area (Å²) in [5.41, 5.74) is 3.54. The summed E-state index contributed by atoms with van der Waals surface area (Å²) in [7, 11) is 0. The Morgan fingerprint density at radius 1 is 1.62 bits per heavy atom. The van der Waals surface area contributed by atoms with Gasteiger partial charge in [0, 0.05) is 6.07 Å². The van der Waals surface area contributed by atoms with Gasteiger partial charge >= 0.3 is 0 Å². The van der Waals surface area contributed by atoms with Gasteiger partial charge in [0.05, 0.1) is 10.6 Å². The van der Waals surface area contributed by atoms with Crippen molar-refractivity contribution in [3.05, 3.63) is 32.8 Å². The van der Waals surface area contributed by atoms with Gasteiger partial charge < -0.3 is 5.43 Å². The summed E-state index contributed by atoms with van der Waals surface area (Å²) in [6, 6.07) is 2.80. The number of hydrazine groups is 1. The Morgan fingerprint density at radius 2 is 2.23 bits per heavy atom. The van der Waals surface area contributed by atoms with Crippen LogP contribution in [0.5, 0.6) is 0 Å². The Hall–Kier alpha value is -1.33. The lowest BCUT2D eigenvalue weighted by Gasteiger charge is -2.04. The molecule has 0 aromatic heterocycles. The molecule has 1 rings (SSSR count). The van der Waals surface area contributed by atoms with Gasteiger partial charge in [0.25, 0.3) is 5.69 Å². The third kappa shape index (κ3) is 1.88. The van der Waals surface area contributed by atoms with Crippen molar-refractivity contribution in [2.75, 3.05) is 5.43 Å². The van der Waals surface area contributed by atoms with Crippen molar-refractivity contribution in [1.29, 1.82) is 0 Å². The van der Waals surface area contributed by atoms with Gasteiger partial charge in [-0.1, -0.05) is 11.6 Å². The first-order valence-corrected chi connectivity index (χ1v) is 3.85. The predicted octanol–water partition coefficient (Wildman–Crippen LogP) is 1.84. The molecule has 0 saturated carbocycles. The number of anilines is 1. The number of hydrogen-bond acceptors (Lipinski definition) is 4. The van der Waals surface area contributed by atoms with Crippen molar-refractivity contribution in [2.24, 2.45) is 5.84 Å². The molecule has 5 nitrogen and oxygen atoms in total. The van der Waals surface area contributed by atoms with Crippen LogP contribution in [0.25, 0.3) is 0 Å². The van der Waals surface area contributed by atoms with E-state index in [0.29, 0.717) is 11.3 Å². The lowest BCUT2D eigenvalue weighted by atomic mass is 10.2.